The highest BCUT2D eigenvalue weighted by molar-refractivity contribution is 7.89. The molecule has 0 aliphatic heterocycles. The number of rotatable bonds is 7. The van der Waals surface area contributed by atoms with Crippen LogP contribution in [0, 0.1) is 0 Å². The second-order valence-corrected chi connectivity index (χ2v) is 8.81. The molecule has 0 heterocycles. The Morgan fingerprint density at radius 2 is 1.77 bits per heavy atom. The van der Waals surface area contributed by atoms with Gasteiger partial charge in [0.05, 0.1) is 11.3 Å². The van der Waals surface area contributed by atoms with Gasteiger partial charge in [0.25, 0.3) is 5.91 Å². The monoisotopic (exact) mass is 382 g/mol. The first-order valence-corrected chi connectivity index (χ1v) is 10.3. The van der Waals surface area contributed by atoms with Crippen molar-refractivity contribution in [2.75, 3.05) is 7.05 Å². The lowest BCUT2D eigenvalue weighted by atomic mass is 9.96. The molecule has 26 heavy (non-hydrogen) atoms. The molecule has 1 aliphatic rings. The molecule has 1 saturated carbocycles. The normalized spacial score (nSPS) is 17.0. The second kappa shape index (κ2) is 8.64. The number of carboxylic acids is 1. The van der Waals surface area contributed by atoms with Crippen molar-refractivity contribution < 1.29 is 23.1 Å². The van der Waals surface area contributed by atoms with E-state index in [1.807, 2.05) is 0 Å². The van der Waals surface area contributed by atoms with Gasteiger partial charge in [-0.2, -0.15) is 4.31 Å². The first-order chi connectivity index (χ1) is 12.2. The van der Waals surface area contributed by atoms with E-state index in [9.17, 15) is 18.0 Å². The molecule has 8 heteroatoms. The SMILES string of the molecule is CC(CC(=O)O)NC(=O)c1ccc(S(=O)(=O)N(C)C2CCCCC2)cc1. The van der Waals surface area contributed by atoms with E-state index < -0.39 is 27.9 Å². The van der Waals surface area contributed by atoms with Crippen molar-refractivity contribution in [3.05, 3.63) is 29.8 Å². The highest BCUT2D eigenvalue weighted by Crippen LogP contribution is 2.26. The Bertz CT molecular complexity index is 739. The Morgan fingerprint density at radius 3 is 2.31 bits per heavy atom. The van der Waals surface area contributed by atoms with Crippen LogP contribution in [0.4, 0.5) is 0 Å². The third-order valence-corrected chi connectivity index (χ3v) is 6.66. The second-order valence-electron chi connectivity index (χ2n) is 6.81. The number of sulfonamides is 1. The lowest BCUT2D eigenvalue weighted by Crippen LogP contribution is -2.38. The lowest BCUT2D eigenvalue weighted by Gasteiger charge is -2.30. The first kappa shape index (κ1) is 20.4. The summed E-state index contributed by atoms with van der Waals surface area (Å²) >= 11 is 0. The number of carbonyl (C=O) groups is 2. The van der Waals surface area contributed by atoms with E-state index in [-0.39, 0.29) is 17.4 Å². The van der Waals surface area contributed by atoms with Crippen molar-refractivity contribution in [1.29, 1.82) is 0 Å². The highest BCUT2D eigenvalue weighted by atomic mass is 32.2. The van der Waals surface area contributed by atoms with E-state index in [2.05, 4.69) is 5.32 Å². The number of hydrogen-bond acceptors (Lipinski definition) is 4. The Balaban J connectivity index is 2.07. The topological polar surface area (TPSA) is 104 Å². The summed E-state index contributed by atoms with van der Waals surface area (Å²) in [6.45, 7) is 1.60. The van der Waals surface area contributed by atoms with E-state index in [0.29, 0.717) is 5.56 Å². The van der Waals surface area contributed by atoms with Crippen LogP contribution >= 0.6 is 0 Å². The number of carbonyl (C=O) groups excluding carboxylic acids is 1. The van der Waals surface area contributed by atoms with Gasteiger partial charge in [-0.15, -0.1) is 0 Å². The minimum atomic E-state index is -3.60. The quantitative estimate of drug-likeness (QED) is 0.753. The standard InChI is InChI=1S/C18H26N2O5S/c1-13(12-17(21)22)19-18(23)14-8-10-16(11-9-14)26(24,25)20(2)15-6-4-3-5-7-15/h8-11,13,15H,3-7,12H2,1-2H3,(H,19,23)(H,21,22). The maximum Gasteiger partial charge on any atom is 0.305 e. The van der Waals surface area contributed by atoms with Crippen LogP contribution < -0.4 is 5.32 Å². The van der Waals surface area contributed by atoms with Crippen molar-refractivity contribution in [3.8, 4) is 0 Å². The molecule has 1 atom stereocenters. The van der Waals surface area contributed by atoms with Crippen LogP contribution in [0.15, 0.2) is 29.2 Å². The van der Waals surface area contributed by atoms with Crippen LogP contribution in [-0.2, 0) is 14.8 Å². The number of benzene rings is 1. The van der Waals surface area contributed by atoms with Gasteiger partial charge in [-0.25, -0.2) is 8.42 Å². The van der Waals surface area contributed by atoms with E-state index in [1.54, 1.807) is 14.0 Å². The third-order valence-electron chi connectivity index (χ3n) is 4.74. The number of carboxylic acid groups (broad SMARTS) is 1. The van der Waals surface area contributed by atoms with Gasteiger partial charge in [-0.05, 0) is 44.0 Å². The van der Waals surface area contributed by atoms with Gasteiger partial charge < -0.3 is 10.4 Å². The predicted molar refractivity (Wildman–Crippen MR) is 97.4 cm³/mol. The highest BCUT2D eigenvalue weighted by Gasteiger charge is 2.29. The number of nitrogens with one attached hydrogen (secondary N) is 1. The summed E-state index contributed by atoms with van der Waals surface area (Å²) in [6, 6.07) is 5.25. The molecular formula is C18H26N2O5S. The summed E-state index contributed by atoms with van der Waals surface area (Å²) in [7, 11) is -1.99. The number of nitrogens with zero attached hydrogens (tertiary/aromatic N) is 1. The molecule has 7 nitrogen and oxygen atoms in total. The van der Waals surface area contributed by atoms with Gasteiger partial charge in [0, 0.05) is 24.7 Å². The molecule has 1 unspecified atom stereocenters. The molecule has 1 amide bonds. The Hall–Kier alpha value is -1.93. The fraction of sp³-hybridized carbons (Fsp3) is 0.556. The van der Waals surface area contributed by atoms with Crippen LogP contribution in [0.3, 0.4) is 0 Å². The molecule has 2 rings (SSSR count). The molecule has 0 saturated heterocycles. The Labute approximate surface area is 154 Å². The molecular weight excluding hydrogens is 356 g/mol. The average molecular weight is 382 g/mol. The van der Waals surface area contributed by atoms with E-state index in [4.69, 9.17) is 5.11 Å². The molecule has 2 N–H and O–H groups in total. The van der Waals surface area contributed by atoms with Gasteiger partial charge in [0.2, 0.25) is 10.0 Å². The van der Waals surface area contributed by atoms with Crippen LogP contribution in [0.2, 0.25) is 0 Å². The Morgan fingerprint density at radius 1 is 1.19 bits per heavy atom. The summed E-state index contributed by atoms with van der Waals surface area (Å²) in [5.41, 5.74) is 0.293. The van der Waals surface area contributed by atoms with Gasteiger partial charge in [-0.3, -0.25) is 9.59 Å². The van der Waals surface area contributed by atoms with Crippen LogP contribution in [-0.4, -0.2) is 48.8 Å². The molecule has 1 aromatic rings. The molecule has 144 valence electrons. The molecule has 0 spiro atoms. The third kappa shape index (κ3) is 5.04. The van der Waals surface area contributed by atoms with E-state index in [0.717, 1.165) is 32.1 Å². The first-order valence-electron chi connectivity index (χ1n) is 8.82. The van der Waals surface area contributed by atoms with Crippen LogP contribution in [0.1, 0.15) is 55.8 Å². The van der Waals surface area contributed by atoms with Crippen molar-refractivity contribution in [1.82, 2.24) is 9.62 Å². The summed E-state index contributed by atoms with van der Waals surface area (Å²) < 4.78 is 27.0. The van der Waals surface area contributed by atoms with Crippen molar-refractivity contribution in [2.45, 2.75) is 62.4 Å². The lowest BCUT2D eigenvalue weighted by molar-refractivity contribution is -0.137. The molecule has 1 aliphatic carbocycles. The summed E-state index contributed by atoms with van der Waals surface area (Å²) in [5, 5.41) is 11.3. The minimum Gasteiger partial charge on any atom is -0.481 e. The molecule has 0 aromatic heterocycles. The van der Waals surface area contributed by atoms with Gasteiger partial charge in [0.15, 0.2) is 0 Å². The van der Waals surface area contributed by atoms with Crippen molar-refractivity contribution >= 4 is 21.9 Å². The zero-order chi connectivity index (χ0) is 19.3. The van der Waals surface area contributed by atoms with Gasteiger partial charge in [-0.1, -0.05) is 19.3 Å². The largest absolute Gasteiger partial charge is 0.481 e. The average Bonchev–Trinajstić information content (AvgIpc) is 2.61. The van der Waals surface area contributed by atoms with Crippen LogP contribution in [0.25, 0.3) is 0 Å². The molecule has 1 aromatic carbocycles. The van der Waals surface area contributed by atoms with Gasteiger partial charge in [0.1, 0.15) is 0 Å². The number of amides is 1. The maximum atomic E-state index is 12.8. The molecule has 0 bridgehead atoms. The maximum absolute atomic E-state index is 12.8. The fourth-order valence-electron chi connectivity index (χ4n) is 3.21. The molecule has 0 radical (unpaired) electrons. The molecule has 1 fully saturated rings. The Kier molecular flexibility index (Phi) is 6.77. The number of hydrogen-bond donors (Lipinski definition) is 2. The van der Waals surface area contributed by atoms with Crippen LogP contribution in [0.5, 0.6) is 0 Å². The van der Waals surface area contributed by atoms with Crippen molar-refractivity contribution in [2.24, 2.45) is 0 Å². The minimum absolute atomic E-state index is 0.0218. The summed E-state index contributed by atoms with van der Waals surface area (Å²) in [5.74, 6) is -1.42. The number of aliphatic carboxylic acids is 1. The van der Waals surface area contributed by atoms with E-state index in [1.165, 1.54) is 28.6 Å². The summed E-state index contributed by atoms with van der Waals surface area (Å²) in [6.07, 6.45) is 4.80. The smallest absolute Gasteiger partial charge is 0.305 e. The van der Waals surface area contributed by atoms with E-state index >= 15 is 0 Å². The van der Waals surface area contributed by atoms with Gasteiger partial charge >= 0.3 is 5.97 Å². The predicted octanol–water partition coefficient (Wildman–Crippen LogP) is 2.23. The zero-order valence-corrected chi connectivity index (χ0v) is 16.0. The summed E-state index contributed by atoms with van der Waals surface area (Å²) in [4.78, 5) is 22.9. The zero-order valence-electron chi connectivity index (χ0n) is 15.1. The fourth-order valence-corrected chi connectivity index (χ4v) is 4.62. The van der Waals surface area contributed by atoms with Crippen molar-refractivity contribution in [3.63, 3.8) is 0 Å².